The summed E-state index contributed by atoms with van der Waals surface area (Å²) in [5, 5.41) is 9.05. The monoisotopic (exact) mass is 249 g/mol. The van der Waals surface area contributed by atoms with Crippen LogP contribution in [0.4, 0.5) is 5.82 Å². The Morgan fingerprint density at radius 3 is 3.00 bits per heavy atom. The molecule has 4 heteroatoms. The first kappa shape index (κ1) is 13.3. The van der Waals surface area contributed by atoms with Crippen molar-refractivity contribution in [3.8, 4) is 0 Å². The number of hydrogen-bond acceptors (Lipinski definition) is 4. The highest BCUT2D eigenvalue weighted by Crippen LogP contribution is 2.24. The van der Waals surface area contributed by atoms with E-state index in [1.54, 1.807) is 6.33 Å². The van der Waals surface area contributed by atoms with Gasteiger partial charge in [0, 0.05) is 31.5 Å². The second-order valence-electron chi connectivity index (χ2n) is 5.42. The molecule has 0 spiro atoms. The van der Waals surface area contributed by atoms with Gasteiger partial charge in [0.05, 0.1) is 0 Å². The fourth-order valence-electron chi connectivity index (χ4n) is 2.54. The zero-order valence-electron chi connectivity index (χ0n) is 11.3. The highest BCUT2D eigenvalue weighted by Gasteiger charge is 2.20. The molecule has 18 heavy (non-hydrogen) atoms. The molecule has 100 valence electrons. The van der Waals surface area contributed by atoms with Crippen LogP contribution < -0.4 is 4.90 Å². The van der Waals surface area contributed by atoms with Crippen molar-refractivity contribution in [3.63, 3.8) is 0 Å². The fraction of sp³-hybridized carbons (Fsp3) is 0.714. The quantitative estimate of drug-likeness (QED) is 0.888. The minimum Gasteiger partial charge on any atom is -0.396 e. The van der Waals surface area contributed by atoms with E-state index in [9.17, 15) is 0 Å². The van der Waals surface area contributed by atoms with Crippen molar-refractivity contribution in [3.05, 3.63) is 18.1 Å². The topological polar surface area (TPSA) is 49.2 Å². The van der Waals surface area contributed by atoms with E-state index >= 15 is 0 Å². The van der Waals surface area contributed by atoms with Gasteiger partial charge in [0.1, 0.15) is 12.1 Å². The van der Waals surface area contributed by atoms with E-state index in [0.717, 1.165) is 31.0 Å². The second kappa shape index (κ2) is 6.14. The molecule has 1 aliphatic heterocycles. The molecule has 0 bridgehead atoms. The van der Waals surface area contributed by atoms with Gasteiger partial charge in [-0.25, -0.2) is 9.97 Å². The van der Waals surface area contributed by atoms with Crippen LogP contribution in [-0.4, -0.2) is 34.8 Å². The molecule has 1 aromatic heterocycles. The van der Waals surface area contributed by atoms with Crippen molar-refractivity contribution in [2.75, 3.05) is 24.6 Å². The van der Waals surface area contributed by atoms with Crippen LogP contribution in [0.3, 0.4) is 0 Å². The lowest BCUT2D eigenvalue weighted by Gasteiger charge is -2.33. The fourth-order valence-corrected chi connectivity index (χ4v) is 2.54. The predicted octanol–water partition coefficient (Wildman–Crippen LogP) is 2.20. The smallest absolute Gasteiger partial charge is 0.132 e. The van der Waals surface area contributed by atoms with Gasteiger partial charge in [0.2, 0.25) is 0 Å². The second-order valence-corrected chi connectivity index (χ2v) is 5.42. The van der Waals surface area contributed by atoms with Gasteiger partial charge >= 0.3 is 0 Å². The number of rotatable bonds is 4. The number of hydrogen-bond donors (Lipinski definition) is 1. The lowest BCUT2D eigenvalue weighted by atomic mass is 9.95. The number of nitrogens with zero attached hydrogens (tertiary/aromatic N) is 3. The standard InChI is InChI=1S/C14H23N3O/c1-11(2)13-8-14(16-10-15-13)17-6-3-4-12(9-17)5-7-18/h8,10-12,18H,3-7,9H2,1-2H3. The maximum absolute atomic E-state index is 9.05. The summed E-state index contributed by atoms with van der Waals surface area (Å²) in [6.45, 7) is 6.67. The minimum atomic E-state index is 0.291. The molecule has 0 radical (unpaired) electrons. The van der Waals surface area contributed by atoms with Crippen LogP contribution in [0.5, 0.6) is 0 Å². The average molecular weight is 249 g/mol. The Labute approximate surface area is 109 Å². The molecular weight excluding hydrogens is 226 g/mol. The van der Waals surface area contributed by atoms with E-state index in [0.29, 0.717) is 18.4 Å². The van der Waals surface area contributed by atoms with Crippen LogP contribution in [0, 0.1) is 5.92 Å². The van der Waals surface area contributed by atoms with Crippen molar-refractivity contribution in [2.45, 2.75) is 39.0 Å². The van der Waals surface area contributed by atoms with Gasteiger partial charge in [0.15, 0.2) is 0 Å². The van der Waals surface area contributed by atoms with E-state index < -0.39 is 0 Å². The Hall–Kier alpha value is -1.16. The van der Waals surface area contributed by atoms with E-state index in [1.807, 2.05) is 0 Å². The first-order chi connectivity index (χ1) is 8.70. The number of aliphatic hydroxyl groups is 1. The van der Waals surface area contributed by atoms with Crippen LogP contribution in [0.25, 0.3) is 0 Å². The summed E-state index contributed by atoms with van der Waals surface area (Å²) in [7, 11) is 0. The summed E-state index contributed by atoms with van der Waals surface area (Å²) in [6, 6.07) is 2.10. The van der Waals surface area contributed by atoms with Gasteiger partial charge < -0.3 is 10.0 Å². The van der Waals surface area contributed by atoms with Gasteiger partial charge in [-0.05, 0) is 31.1 Å². The summed E-state index contributed by atoms with van der Waals surface area (Å²) in [6.07, 6.45) is 4.98. The molecule has 1 atom stereocenters. The predicted molar refractivity (Wildman–Crippen MR) is 72.8 cm³/mol. The highest BCUT2D eigenvalue weighted by molar-refractivity contribution is 5.40. The van der Waals surface area contributed by atoms with Crippen molar-refractivity contribution < 1.29 is 5.11 Å². The molecule has 1 saturated heterocycles. The van der Waals surface area contributed by atoms with Gasteiger partial charge in [-0.2, -0.15) is 0 Å². The Bertz CT molecular complexity index is 379. The number of piperidine rings is 1. The largest absolute Gasteiger partial charge is 0.396 e. The Morgan fingerprint density at radius 2 is 2.28 bits per heavy atom. The zero-order chi connectivity index (χ0) is 13.0. The number of anilines is 1. The number of aliphatic hydroxyl groups excluding tert-OH is 1. The summed E-state index contributed by atoms with van der Waals surface area (Å²) in [5.74, 6) is 2.07. The van der Waals surface area contributed by atoms with Crippen molar-refractivity contribution >= 4 is 5.82 Å². The summed E-state index contributed by atoms with van der Waals surface area (Å²) in [4.78, 5) is 11.0. The summed E-state index contributed by atoms with van der Waals surface area (Å²) < 4.78 is 0. The first-order valence-corrected chi connectivity index (χ1v) is 6.88. The molecule has 1 N–H and O–H groups in total. The molecule has 1 unspecified atom stereocenters. The third-order valence-corrected chi connectivity index (χ3v) is 3.65. The lowest BCUT2D eigenvalue weighted by molar-refractivity contribution is 0.244. The maximum atomic E-state index is 9.05. The van der Waals surface area contributed by atoms with Crippen molar-refractivity contribution in [2.24, 2.45) is 5.92 Å². The van der Waals surface area contributed by atoms with Crippen LogP contribution >= 0.6 is 0 Å². The molecule has 0 amide bonds. The highest BCUT2D eigenvalue weighted by atomic mass is 16.3. The Balaban J connectivity index is 2.08. The third-order valence-electron chi connectivity index (χ3n) is 3.65. The van der Waals surface area contributed by atoms with Crippen LogP contribution in [-0.2, 0) is 0 Å². The summed E-state index contributed by atoms with van der Waals surface area (Å²) >= 11 is 0. The molecule has 1 aromatic rings. The van der Waals surface area contributed by atoms with Crippen molar-refractivity contribution in [1.82, 2.24) is 9.97 Å². The van der Waals surface area contributed by atoms with Crippen LogP contribution in [0.1, 0.15) is 44.7 Å². The average Bonchev–Trinajstić information content (AvgIpc) is 2.39. The van der Waals surface area contributed by atoms with Gasteiger partial charge in [-0.1, -0.05) is 13.8 Å². The molecule has 2 rings (SSSR count). The molecule has 0 aromatic carbocycles. The van der Waals surface area contributed by atoms with Crippen molar-refractivity contribution in [1.29, 1.82) is 0 Å². The van der Waals surface area contributed by atoms with Crippen LogP contribution in [0.15, 0.2) is 12.4 Å². The van der Waals surface area contributed by atoms with Crippen LogP contribution in [0.2, 0.25) is 0 Å². The van der Waals surface area contributed by atoms with E-state index in [-0.39, 0.29) is 0 Å². The molecule has 2 heterocycles. The zero-order valence-corrected chi connectivity index (χ0v) is 11.3. The first-order valence-electron chi connectivity index (χ1n) is 6.88. The van der Waals surface area contributed by atoms with Gasteiger partial charge in [-0.15, -0.1) is 0 Å². The minimum absolute atomic E-state index is 0.291. The molecule has 1 aliphatic rings. The van der Waals surface area contributed by atoms with E-state index in [1.165, 1.54) is 12.8 Å². The van der Waals surface area contributed by atoms with E-state index in [4.69, 9.17) is 5.11 Å². The van der Waals surface area contributed by atoms with Gasteiger partial charge in [-0.3, -0.25) is 0 Å². The maximum Gasteiger partial charge on any atom is 0.132 e. The Morgan fingerprint density at radius 1 is 1.44 bits per heavy atom. The molecule has 0 saturated carbocycles. The summed E-state index contributed by atoms with van der Waals surface area (Å²) in [5.41, 5.74) is 1.10. The van der Waals surface area contributed by atoms with Gasteiger partial charge in [0.25, 0.3) is 0 Å². The molecule has 4 nitrogen and oxygen atoms in total. The molecule has 1 fully saturated rings. The Kier molecular flexibility index (Phi) is 4.53. The molecule has 0 aliphatic carbocycles. The normalized spacial score (nSPS) is 20.4. The van der Waals surface area contributed by atoms with E-state index in [2.05, 4.69) is 34.8 Å². The third kappa shape index (κ3) is 3.19. The number of aromatic nitrogens is 2. The molecular formula is C14H23N3O. The lowest BCUT2D eigenvalue weighted by Crippen LogP contribution is -2.36. The SMILES string of the molecule is CC(C)c1cc(N2CCCC(CCO)C2)ncn1.